The Balaban J connectivity index is 1.10. The maximum Gasteiger partial charge on any atom is 0.164 e. The molecule has 2 heterocycles. The number of methoxy groups -OCH3 is 1. The first-order valence-electron chi connectivity index (χ1n) is 18.0. The number of nitrogens with zero attached hydrogens (tertiary/aromatic N) is 3. The van der Waals surface area contributed by atoms with E-state index in [1.54, 1.807) is 7.11 Å². The molecule has 1 aromatic heterocycles. The van der Waals surface area contributed by atoms with Crippen molar-refractivity contribution in [2.75, 3.05) is 7.11 Å². The third-order valence-corrected chi connectivity index (χ3v) is 11.0. The Hall–Kier alpha value is -6.43. The van der Waals surface area contributed by atoms with Crippen LogP contribution in [0.3, 0.4) is 0 Å². The Bertz CT molecular complexity index is 2520. The number of hydrogen-bond donors (Lipinski definition) is 0. The van der Waals surface area contributed by atoms with Gasteiger partial charge in [0.15, 0.2) is 17.5 Å². The highest BCUT2D eigenvalue weighted by Crippen LogP contribution is 2.58. The lowest BCUT2D eigenvalue weighted by atomic mass is 9.72. The van der Waals surface area contributed by atoms with Crippen LogP contribution in [0.1, 0.15) is 40.8 Å². The van der Waals surface area contributed by atoms with Gasteiger partial charge in [-0.2, -0.15) is 0 Å². The van der Waals surface area contributed by atoms with Crippen molar-refractivity contribution in [3.8, 4) is 51.0 Å². The Morgan fingerprint density at radius 1 is 0.547 bits per heavy atom. The first-order valence-corrected chi connectivity index (χ1v) is 18.0. The summed E-state index contributed by atoms with van der Waals surface area (Å²) in [7, 11) is 1.70. The summed E-state index contributed by atoms with van der Waals surface area (Å²) in [6, 6.07) is 52.3. The molecule has 0 saturated carbocycles. The van der Waals surface area contributed by atoms with E-state index in [0.717, 1.165) is 33.6 Å². The van der Waals surface area contributed by atoms with Crippen molar-refractivity contribution < 1.29 is 9.47 Å². The molecule has 7 aromatic rings. The molecule has 1 aliphatic heterocycles. The lowest BCUT2D eigenvalue weighted by molar-refractivity contribution is -0.0696. The van der Waals surface area contributed by atoms with Gasteiger partial charge in [0.25, 0.3) is 0 Å². The Kier molecular flexibility index (Phi) is 7.31. The highest BCUT2D eigenvalue weighted by atomic mass is 16.5. The van der Waals surface area contributed by atoms with E-state index in [1.165, 1.54) is 39.0 Å². The second-order valence-electron chi connectivity index (χ2n) is 13.9. The Morgan fingerprint density at radius 2 is 1.08 bits per heavy atom. The first-order chi connectivity index (χ1) is 26.1. The molecule has 3 atom stereocenters. The van der Waals surface area contributed by atoms with Gasteiger partial charge in [0.1, 0.15) is 11.4 Å². The van der Waals surface area contributed by atoms with E-state index in [9.17, 15) is 0 Å². The predicted octanol–water partition coefficient (Wildman–Crippen LogP) is 10.9. The number of aromatic nitrogens is 3. The molecule has 0 fully saturated rings. The molecule has 254 valence electrons. The minimum Gasteiger partial charge on any atom is -0.497 e. The SMILES string of the molecule is COc1ccc(C2(c3ccc(-c4nc(-c5ccccc5)nc(-c5ccccc5)n4)cc3)C=CC3C(C)=C4c5ccccc5-c5cccc(c54)C3O2)cc1. The fraction of sp³-hybridized carbons (Fsp3) is 0.104. The molecular formula is C48H35N3O2. The minimum atomic E-state index is -0.860. The van der Waals surface area contributed by atoms with Crippen LogP contribution in [0, 0.1) is 5.92 Å². The summed E-state index contributed by atoms with van der Waals surface area (Å²) in [5.41, 5.74) is 13.1. The normalized spacial score (nSPS) is 19.4. The number of ether oxygens (including phenoxy) is 2. The molecule has 3 unspecified atom stereocenters. The smallest absolute Gasteiger partial charge is 0.164 e. The molecule has 0 amide bonds. The van der Waals surface area contributed by atoms with Gasteiger partial charge < -0.3 is 9.47 Å². The number of rotatable bonds is 6. The summed E-state index contributed by atoms with van der Waals surface area (Å²) in [6.45, 7) is 2.28. The van der Waals surface area contributed by atoms with E-state index in [2.05, 4.69) is 97.9 Å². The summed E-state index contributed by atoms with van der Waals surface area (Å²) in [5, 5.41) is 0. The number of benzene rings is 6. The van der Waals surface area contributed by atoms with E-state index >= 15 is 0 Å². The lowest BCUT2D eigenvalue weighted by Gasteiger charge is -2.45. The van der Waals surface area contributed by atoms with Gasteiger partial charge in [-0.05, 0) is 69.6 Å². The third-order valence-electron chi connectivity index (χ3n) is 11.0. The Morgan fingerprint density at radius 3 is 1.68 bits per heavy atom. The predicted molar refractivity (Wildman–Crippen MR) is 210 cm³/mol. The van der Waals surface area contributed by atoms with Crippen LogP contribution in [-0.2, 0) is 10.3 Å². The van der Waals surface area contributed by atoms with E-state index in [-0.39, 0.29) is 12.0 Å². The van der Waals surface area contributed by atoms with Gasteiger partial charge in [0.05, 0.1) is 13.2 Å². The second-order valence-corrected chi connectivity index (χ2v) is 13.9. The molecule has 0 N–H and O–H groups in total. The zero-order chi connectivity index (χ0) is 35.5. The molecule has 3 aliphatic rings. The van der Waals surface area contributed by atoms with Crippen molar-refractivity contribution >= 4 is 5.57 Å². The standard InChI is InChI=1S/C48H35N3O2/c1-30-37-28-29-48(35-24-26-36(52-2)27-25-35,53-44(37)41-19-11-18-40-38-16-9-10-17-39(38)42(30)43(40)41)34-22-20-33(21-23-34)47-50-45(31-12-5-3-6-13-31)49-46(51-47)32-14-7-4-8-15-32/h3-29,37,44H,1-2H3. The maximum absolute atomic E-state index is 7.55. The van der Waals surface area contributed by atoms with Crippen LogP contribution in [-0.4, -0.2) is 22.1 Å². The quantitative estimate of drug-likeness (QED) is 0.163. The molecule has 53 heavy (non-hydrogen) atoms. The van der Waals surface area contributed by atoms with Crippen molar-refractivity contribution in [3.05, 3.63) is 197 Å². The average molecular weight is 686 g/mol. The van der Waals surface area contributed by atoms with Gasteiger partial charge >= 0.3 is 0 Å². The summed E-state index contributed by atoms with van der Waals surface area (Å²) < 4.78 is 13.1. The monoisotopic (exact) mass is 685 g/mol. The van der Waals surface area contributed by atoms with Gasteiger partial charge in [0, 0.05) is 22.6 Å². The maximum atomic E-state index is 7.55. The molecule has 0 spiro atoms. The molecule has 0 radical (unpaired) electrons. The summed E-state index contributed by atoms with van der Waals surface area (Å²) in [6.07, 6.45) is 4.45. The fourth-order valence-corrected chi connectivity index (χ4v) is 8.38. The molecule has 5 heteroatoms. The van der Waals surface area contributed by atoms with Gasteiger partial charge in [0.2, 0.25) is 0 Å². The van der Waals surface area contributed by atoms with Crippen LogP contribution in [0.2, 0.25) is 0 Å². The van der Waals surface area contributed by atoms with E-state index in [1.807, 2.05) is 72.8 Å². The van der Waals surface area contributed by atoms with Crippen molar-refractivity contribution in [2.45, 2.75) is 18.6 Å². The van der Waals surface area contributed by atoms with Crippen LogP contribution >= 0.6 is 0 Å². The highest BCUT2D eigenvalue weighted by Gasteiger charge is 2.46. The summed E-state index contributed by atoms with van der Waals surface area (Å²) >= 11 is 0. The summed E-state index contributed by atoms with van der Waals surface area (Å²) in [4.78, 5) is 14.8. The van der Waals surface area contributed by atoms with E-state index in [4.69, 9.17) is 24.4 Å². The number of fused-ring (bicyclic) bond motifs is 5. The van der Waals surface area contributed by atoms with E-state index < -0.39 is 5.60 Å². The molecular weight excluding hydrogens is 651 g/mol. The molecule has 2 aliphatic carbocycles. The van der Waals surface area contributed by atoms with Crippen LogP contribution in [0.4, 0.5) is 0 Å². The van der Waals surface area contributed by atoms with Crippen molar-refractivity contribution in [3.63, 3.8) is 0 Å². The fourth-order valence-electron chi connectivity index (χ4n) is 8.38. The van der Waals surface area contributed by atoms with Gasteiger partial charge in [-0.3, -0.25) is 0 Å². The molecule has 10 rings (SSSR count). The van der Waals surface area contributed by atoms with Crippen molar-refractivity contribution in [1.29, 1.82) is 0 Å². The zero-order valence-corrected chi connectivity index (χ0v) is 29.4. The first kappa shape index (κ1) is 31.3. The average Bonchev–Trinajstić information content (AvgIpc) is 3.58. The second kappa shape index (κ2) is 12.4. The van der Waals surface area contributed by atoms with Gasteiger partial charge in [-0.15, -0.1) is 0 Å². The molecule has 6 aromatic carbocycles. The molecule has 5 nitrogen and oxygen atoms in total. The molecule has 0 bridgehead atoms. The molecule has 0 saturated heterocycles. The number of hydrogen-bond acceptors (Lipinski definition) is 5. The summed E-state index contributed by atoms with van der Waals surface area (Å²) in [5.74, 6) is 2.78. The van der Waals surface area contributed by atoms with Crippen LogP contribution < -0.4 is 4.74 Å². The van der Waals surface area contributed by atoms with Crippen LogP contribution in [0.15, 0.2) is 169 Å². The van der Waals surface area contributed by atoms with Gasteiger partial charge in [-0.25, -0.2) is 15.0 Å². The largest absolute Gasteiger partial charge is 0.497 e. The minimum absolute atomic E-state index is 0.0996. The van der Waals surface area contributed by atoms with Crippen LogP contribution in [0.5, 0.6) is 5.75 Å². The Labute approximate surface area is 309 Å². The van der Waals surface area contributed by atoms with Crippen LogP contribution in [0.25, 0.3) is 50.9 Å². The lowest BCUT2D eigenvalue weighted by Crippen LogP contribution is -2.38. The zero-order valence-electron chi connectivity index (χ0n) is 29.4. The van der Waals surface area contributed by atoms with E-state index in [0.29, 0.717) is 17.5 Å². The van der Waals surface area contributed by atoms with Crippen molar-refractivity contribution in [2.24, 2.45) is 5.92 Å². The topological polar surface area (TPSA) is 57.1 Å². The van der Waals surface area contributed by atoms with Gasteiger partial charge in [-0.1, -0.05) is 151 Å². The highest BCUT2D eigenvalue weighted by molar-refractivity contribution is 6.04. The van der Waals surface area contributed by atoms with Crippen molar-refractivity contribution in [1.82, 2.24) is 15.0 Å². The third kappa shape index (κ3) is 5.00.